The molecule has 24 heavy (non-hydrogen) atoms. The lowest BCUT2D eigenvalue weighted by Gasteiger charge is -2.00. The van der Waals surface area contributed by atoms with Crippen LogP contribution in [0.15, 0.2) is 39.7 Å². The van der Waals surface area contributed by atoms with Crippen molar-refractivity contribution in [3.05, 3.63) is 51.5 Å². The van der Waals surface area contributed by atoms with Gasteiger partial charge in [-0.1, -0.05) is 29.5 Å². The Balaban J connectivity index is 2.00. The molecule has 0 radical (unpaired) electrons. The number of para-hydroxylation sites is 1. The number of nitrogens with zero attached hydrogens (tertiary/aromatic N) is 2. The highest BCUT2D eigenvalue weighted by molar-refractivity contribution is 7.11. The Labute approximate surface area is 142 Å². The lowest BCUT2D eigenvalue weighted by molar-refractivity contribution is 0.0530. The summed E-state index contributed by atoms with van der Waals surface area (Å²) in [5.41, 5.74) is 1.34. The zero-order valence-electron chi connectivity index (χ0n) is 13.5. The minimum Gasteiger partial charge on any atom is -0.462 e. The van der Waals surface area contributed by atoms with E-state index in [1.807, 2.05) is 18.2 Å². The molecule has 7 heteroatoms. The van der Waals surface area contributed by atoms with Crippen LogP contribution >= 0.6 is 11.3 Å². The number of fused-ring (bicyclic) bond motifs is 1. The van der Waals surface area contributed by atoms with Crippen LogP contribution in [0.5, 0.6) is 0 Å². The average molecular weight is 344 g/mol. The lowest BCUT2D eigenvalue weighted by Crippen LogP contribution is -2.14. The molecule has 2 aromatic heterocycles. The van der Waals surface area contributed by atoms with E-state index in [1.54, 1.807) is 37.6 Å². The lowest BCUT2D eigenvalue weighted by atomic mass is 10.2. The van der Waals surface area contributed by atoms with E-state index in [2.05, 4.69) is 4.99 Å². The second-order valence-electron chi connectivity index (χ2n) is 5.14. The number of aromatic nitrogens is 1. The molecule has 0 bridgehead atoms. The molecule has 0 aliphatic rings. The molecule has 0 atom stereocenters. The minimum atomic E-state index is -0.488. The summed E-state index contributed by atoms with van der Waals surface area (Å²) in [6.07, 6.45) is 0. The van der Waals surface area contributed by atoms with E-state index in [-0.39, 0.29) is 5.76 Å². The highest BCUT2D eigenvalue weighted by Crippen LogP contribution is 2.19. The van der Waals surface area contributed by atoms with E-state index in [1.165, 1.54) is 0 Å². The van der Waals surface area contributed by atoms with Crippen LogP contribution in [0.3, 0.4) is 0 Å². The first-order chi connectivity index (χ1) is 11.5. The molecule has 124 valence electrons. The third-order valence-electron chi connectivity index (χ3n) is 3.61. The third kappa shape index (κ3) is 2.90. The third-order valence-corrected chi connectivity index (χ3v) is 4.82. The number of ether oxygens (including phenoxy) is 1. The predicted molar refractivity (Wildman–Crippen MR) is 90.1 cm³/mol. The van der Waals surface area contributed by atoms with Crippen molar-refractivity contribution in [1.29, 1.82) is 0 Å². The normalized spacial score (nSPS) is 11.9. The molecular formula is C17H16N2O4S. The Bertz CT molecular complexity index is 961. The number of thiazole rings is 1. The fourth-order valence-electron chi connectivity index (χ4n) is 2.24. The topological polar surface area (TPSA) is 73.8 Å². The molecule has 0 aliphatic heterocycles. The van der Waals surface area contributed by atoms with E-state index in [0.29, 0.717) is 27.6 Å². The average Bonchev–Trinajstić information content (AvgIpc) is 3.12. The molecule has 1 amide bonds. The van der Waals surface area contributed by atoms with Crippen molar-refractivity contribution >= 4 is 34.2 Å². The minimum absolute atomic E-state index is 0.167. The summed E-state index contributed by atoms with van der Waals surface area (Å²) in [5, 5.41) is 0.843. The van der Waals surface area contributed by atoms with Gasteiger partial charge in [-0.15, -0.1) is 0 Å². The maximum atomic E-state index is 12.4. The van der Waals surface area contributed by atoms with Gasteiger partial charge in [0.2, 0.25) is 0 Å². The summed E-state index contributed by atoms with van der Waals surface area (Å²) in [6, 6.07) is 9.03. The zero-order chi connectivity index (χ0) is 17.3. The highest BCUT2D eigenvalue weighted by atomic mass is 32.1. The molecular weight excluding hydrogens is 328 g/mol. The van der Waals surface area contributed by atoms with Gasteiger partial charge in [-0.05, 0) is 26.0 Å². The van der Waals surface area contributed by atoms with Crippen LogP contribution in [0.2, 0.25) is 0 Å². The number of furan rings is 1. The molecule has 0 N–H and O–H groups in total. The molecule has 6 nitrogen and oxygen atoms in total. The van der Waals surface area contributed by atoms with Crippen molar-refractivity contribution in [2.75, 3.05) is 6.61 Å². The quantitative estimate of drug-likeness (QED) is 0.685. The standard InChI is InChI=1S/C17H16N2O4S/c1-4-22-16(21)14-10(2)19(3)17(24-14)18-15(20)13-9-11-7-5-6-8-12(11)23-13/h5-9H,4H2,1-3H3. The van der Waals surface area contributed by atoms with Crippen molar-refractivity contribution in [2.45, 2.75) is 13.8 Å². The zero-order valence-corrected chi connectivity index (χ0v) is 14.3. The van der Waals surface area contributed by atoms with Gasteiger partial charge in [0.15, 0.2) is 10.6 Å². The van der Waals surface area contributed by atoms with Gasteiger partial charge >= 0.3 is 11.9 Å². The van der Waals surface area contributed by atoms with Gasteiger partial charge in [0, 0.05) is 18.1 Å². The molecule has 0 saturated heterocycles. The molecule has 2 heterocycles. The van der Waals surface area contributed by atoms with Gasteiger partial charge in [0.1, 0.15) is 10.5 Å². The summed E-state index contributed by atoms with van der Waals surface area (Å²) >= 11 is 1.12. The highest BCUT2D eigenvalue weighted by Gasteiger charge is 2.17. The fourth-order valence-corrected chi connectivity index (χ4v) is 3.25. The fraction of sp³-hybridized carbons (Fsp3) is 0.235. The Hall–Kier alpha value is -2.67. The van der Waals surface area contributed by atoms with Gasteiger partial charge < -0.3 is 13.7 Å². The molecule has 0 saturated carbocycles. The second kappa shape index (κ2) is 6.45. The number of esters is 1. The monoisotopic (exact) mass is 344 g/mol. The van der Waals surface area contributed by atoms with Gasteiger partial charge in [-0.2, -0.15) is 4.99 Å². The SMILES string of the molecule is CCOC(=O)c1sc(=NC(=O)c2cc3ccccc3o2)n(C)c1C. The number of benzene rings is 1. The summed E-state index contributed by atoms with van der Waals surface area (Å²) in [4.78, 5) is 29.2. The Kier molecular flexibility index (Phi) is 4.35. The molecule has 0 spiro atoms. The van der Waals surface area contributed by atoms with E-state index >= 15 is 0 Å². The molecule has 1 aromatic carbocycles. The number of carbonyl (C=O) groups is 2. The predicted octanol–water partition coefficient (Wildman–Crippen LogP) is 3.06. The largest absolute Gasteiger partial charge is 0.462 e. The Morgan fingerprint density at radius 2 is 2.08 bits per heavy atom. The number of hydrogen-bond donors (Lipinski definition) is 0. The molecule has 3 rings (SSSR count). The summed E-state index contributed by atoms with van der Waals surface area (Å²) in [7, 11) is 1.75. The first kappa shape index (κ1) is 16.2. The van der Waals surface area contributed by atoms with E-state index in [4.69, 9.17) is 9.15 Å². The molecule has 0 fully saturated rings. The first-order valence-corrected chi connectivity index (χ1v) is 8.24. The summed E-state index contributed by atoms with van der Waals surface area (Å²) in [5.74, 6) is -0.730. The van der Waals surface area contributed by atoms with Crippen molar-refractivity contribution in [2.24, 2.45) is 12.0 Å². The van der Waals surface area contributed by atoms with Crippen LogP contribution < -0.4 is 4.80 Å². The summed E-state index contributed by atoms with van der Waals surface area (Å²) < 4.78 is 12.2. The number of rotatable bonds is 3. The van der Waals surface area contributed by atoms with E-state index < -0.39 is 11.9 Å². The van der Waals surface area contributed by atoms with Crippen LogP contribution in [0.25, 0.3) is 11.0 Å². The number of amides is 1. The van der Waals surface area contributed by atoms with Crippen LogP contribution in [0, 0.1) is 6.92 Å². The van der Waals surface area contributed by atoms with Gasteiger partial charge in [-0.25, -0.2) is 4.79 Å². The van der Waals surface area contributed by atoms with Crippen molar-refractivity contribution < 1.29 is 18.7 Å². The first-order valence-electron chi connectivity index (χ1n) is 7.42. The van der Waals surface area contributed by atoms with Crippen molar-refractivity contribution in [3.8, 4) is 0 Å². The maximum absolute atomic E-state index is 12.4. The van der Waals surface area contributed by atoms with Crippen LogP contribution in [-0.2, 0) is 11.8 Å². The van der Waals surface area contributed by atoms with E-state index in [9.17, 15) is 9.59 Å². The van der Waals surface area contributed by atoms with E-state index in [0.717, 1.165) is 16.7 Å². The number of hydrogen-bond acceptors (Lipinski definition) is 5. The van der Waals surface area contributed by atoms with Crippen molar-refractivity contribution in [1.82, 2.24) is 4.57 Å². The van der Waals surface area contributed by atoms with Crippen LogP contribution in [0.4, 0.5) is 0 Å². The van der Waals surface area contributed by atoms with Gasteiger partial charge in [0.25, 0.3) is 0 Å². The van der Waals surface area contributed by atoms with Crippen LogP contribution in [0.1, 0.15) is 32.8 Å². The van der Waals surface area contributed by atoms with Gasteiger partial charge in [0.05, 0.1) is 6.61 Å². The number of carbonyl (C=O) groups excluding carboxylic acids is 2. The maximum Gasteiger partial charge on any atom is 0.350 e. The van der Waals surface area contributed by atoms with Gasteiger partial charge in [-0.3, -0.25) is 4.79 Å². The molecule has 0 unspecified atom stereocenters. The molecule has 0 aliphatic carbocycles. The summed E-state index contributed by atoms with van der Waals surface area (Å²) in [6.45, 7) is 3.83. The molecule has 3 aromatic rings. The Morgan fingerprint density at radius 1 is 1.33 bits per heavy atom. The van der Waals surface area contributed by atoms with Crippen molar-refractivity contribution in [3.63, 3.8) is 0 Å². The Morgan fingerprint density at radius 3 is 2.79 bits per heavy atom. The smallest absolute Gasteiger partial charge is 0.350 e. The second-order valence-corrected chi connectivity index (χ2v) is 6.12. The van der Waals surface area contributed by atoms with Crippen LogP contribution in [-0.4, -0.2) is 23.1 Å².